The van der Waals surface area contributed by atoms with Gasteiger partial charge in [-0.3, -0.25) is 9.59 Å². The van der Waals surface area contributed by atoms with Crippen LogP contribution in [-0.2, 0) is 34.5 Å². The molecule has 9 heteroatoms. The predicted molar refractivity (Wildman–Crippen MR) is 134 cm³/mol. The van der Waals surface area contributed by atoms with E-state index in [1.807, 2.05) is 44.0 Å². The van der Waals surface area contributed by atoms with Crippen molar-refractivity contribution in [3.05, 3.63) is 59.2 Å². The summed E-state index contributed by atoms with van der Waals surface area (Å²) in [5, 5.41) is 0. The van der Waals surface area contributed by atoms with Crippen LogP contribution in [0.3, 0.4) is 0 Å². The van der Waals surface area contributed by atoms with Gasteiger partial charge in [0.2, 0.25) is 10.0 Å². The summed E-state index contributed by atoms with van der Waals surface area (Å²) in [5.74, 6) is -1.29. The number of methoxy groups -OCH3 is 2. The molecule has 2 aromatic carbocycles. The molecule has 2 aromatic rings. The average Bonchev–Trinajstić information content (AvgIpc) is 3.39. The molecule has 2 heterocycles. The van der Waals surface area contributed by atoms with Crippen LogP contribution in [0.4, 0.5) is 5.69 Å². The third-order valence-corrected chi connectivity index (χ3v) is 10.6. The first-order valence-corrected chi connectivity index (χ1v) is 13.6. The fourth-order valence-corrected chi connectivity index (χ4v) is 9.02. The van der Waals surface area contributed by atoms with Crippen molar-refractivity contribution >= 4 is 27.6 Å². The second-order valence-electron chi connectivity index (χ2n) is 10.2. The molecule has 1 aliphatic carbocycles. The second kappa shape index (κ2) is 8.31. The van der Waals surface area contributed by atoms with E-state index in [1.54, 1.807) is 28.6 Å². The van der Waals surface area contributed by atoms with Crippen LogP contribution in [0.2, 0.25) is 0 Å². The minimum absolute atomic E-state index is 0.126. The number of ether oxygens (including phenoxy) is 2. The molecule has 0 amide bonds. The number of aryl methyl sites for hydroxylation is 2. The molecule has 36 heavy (non-hydrogen) atoms. The topological polar surface area (TPSA) is 93.2 Å². The number of rotatable bonds is 4. The van der Waals surface area contributed by atoms with Crippen LogP contribution in [0.25, 0.3) is 0 Å². The summed E-state index contributed by atoms with van der Waals surface area (Å²) in [4.78, 5) is 29.1. The zero-order chi connectivity index (χ0) is 26.0. The number of esters is 2. The summed E-state index contributed by atoms with van der Waals surface area (Å²) in [6.07, 6.45) is 0.928. The lowest BCUT2D eigenvalue weighted by Crippen LogP contribution is -2.68. The Kier molecular flexibility index (Phi) is 5.72. The number of likely N-dealkylation sites (N-methyl/N-ethyl adjacent to an activating group) is 1. The van der Waals surface area contributed by atoms with Crippen molar-refractivity contribution < 1.29 is 27.5 Å². The van der Waals surface area contributed by atoms with Crippen LogP contribution in [0.5, 0.6) is 0 Å². The molecule has 192 valence electrons. The molecule has 1 saturated carbocycles. The molecule has 0 unspecified atom stereocenters. The van der Waals surface area contributed by atoms with Gasteiger partial charge in [-0.25, -0.2) is 8.42 Å². The Bertz CT molecular complexity index is 1320. The molecular weight excluding hydrogens is 480 g/mol. The van der Waals surface area contributed by atoms with Crippen molar-refractivity contribution in [1.29, 1.82) is 0 Å². The predicted octanol–water partition coefficient (Wildman–Crippen LogP) is 2.95. The normalized spacial score (nSPS) is 26.6. The number of hydrogen-bond acceptors (Lipinski definition) is 7. The number of fused-ring (bicyclic) bond motifs is 1. The Hall–Kier alpha value is -2.91. The lowest BCUT2D eigenvalue weighted by atomic mass is 9.55. The molecule has 2 aliphatic heterocycles. The molecule has 5 rings (SSSR count). The molecule has 0 bridgehead atoms. The molecule has 1 saturated heterocycles. The average molecular weight is 513 g/mol. The van der Waals surface area contributed by atoms with Crippen LogP contribution in [0.1, 0.15) is 36.0 Å². The smallest absolute Gasteiger partial charge is 0.325 e. The van der Waals surface area contributed by atoms with Crippen LogP contribution >= 0.6 is 0 Å². The summed E-state index contributed by atoms with van der Waals surface area (Å²) in [6.45, 7) is 4.20. The van der Waals surface area contributed by atoms with Gasteiger partial charge >= 0.3 is 11.9 Å². The Morgan fingerprint density at radius 1 is 0.972 bits per heavy atom. The van der Waals surface area contributed by atoms with Crippen LogP contribution in [0.15, 0.2) is 47.4 Å². The molecule has 2 fully saturated rings. The largest absolute Gasteiger partial charge is 0.468 e. The number of carbonyl (C=O) groups is 2. The molecule has 3 atom stereocenters. The van der Waals surface area contributed by atoms with Crippen LogP contribution in [0, 0.1) is 19.3 Å². The SMILES string of the molecule is COC(=O)C1(C(=O)OC)CC[C@H]2N(S(=O)(=O)c3ccc(C)cc3)CC[C@@]23c2cccc(C)c2N(C)[C@@H]13. The van der Waals surface area contributed by atoms with Gasteiger partial charge < -0.3 is 14.4 Å². The maximum Gasteiger partial charge on any atom is 0.325 e. The molecular formula is C27H32N2O6S. The van der Waals surface area contributed by atoms with Gasteiger partial charge in [0, 0.05) is 30.7 Å². The molecule has 1 spiro atoms. The maximum atomic E-state index is 13.9. The summed E-state index contributed by atoms with van der Waals surface area (Å²) < 4.78 is 39.9. The molecule has 0 N–H and O–H groups in total. The zero-order valence-corrected chi connectivity index (χ0v) is 22.1. The van der Waals surface area contributed by atoms with Gasteiger partial charge in [0.25, 0.3) is 0 Å². The fraction of sp³-hybridized carbons (Fsp3) is 0.481. The zero-order valence-electron chi connectivity index (χ0n) is 21.3. The van der Waals surface area contributed by atoms with E-state index in [4.69, 9.17) is 9.47 Å². The van der Waals surface area contributed by atoms with E-state index >= 15 is 0 Å². The molecule has 0 aromatic heterocycles. The number of sulfonamides is 1. The first-order chi connectivity index (χ1) is 17.1. The highest BCUT2D eigenvalue weighted by atomic mass is 32.2. The summed E-state index contributed by atoms with van der Waals surface area (Å²) >= 11 is 0. The van der Waals surface area contributed by atoms with Gasteiger partial charge in [0.15, 0.2) is 5.41 Å². The Morgan fingerprint density at radius 3 is 2.22 bits per heavy atom. The number of para-hydroxylation sites is 1. The second-order valence-corrected chi connectivity index (χ2v) is 12.1. The number of benzene rings is 2. The van der Waals surface area contributed by atoms with E-state index in [1.165, 1.54) is 14.2 Å². The highest BCUT2D eigenvalue weighted by Gasteiger charge is 2.74. The summed E-state index contributed by atoms with van der Waals surface area (Å²) in [5.41, 5.74) is 1.52. The van der Waals surface area contributed by atoms with Crippen molar-refractivity contribution in [3.8, 4) is 0 Å². The monoisotopic (exact) mass is 512 g/mol. The van der Waals surface area contributed by atoms with Gasteiger partial charge in [-0.05, 0) is 56.4 Å². The van der Waals surface area contributed by atoms with E-state index in [9.17, 15) is 18.0 Å². The molecule has 3 aliphatic rings. The van der Waals surface area contributed by atoms with Gasteiger partial charge in [0.05, 0.1) is 25.2 Å². The minimum atomic E-state index is -3.81. The van der Waals surface area contributed by atoms with Crippen LogP contribution < -0.4 is 4.90 Å². The maximum absolute atomic E-state index is 13.9. The van der Waals surface area contributed by atoms with E-state index in [-0.39, 0.29) is 17.9 Å². The number of nitrogens with zero attached hydrogens (tertiary/aromatic N) is 2. The lowest BCUT2D eigenvalue weighted by molar-refractivity contribution is -0.176. The van der Waals surface area contributed by atoms with E-state index in [2.05, 4.69) is 0 Å². The lowest BCUT2D eigenvalue weighted by Gasteiger charge is -2.52. The van der Waals surface area contributed by atoms with Crippen molar-refractivity contribution in [1.82, 2.24) is 4.31 Å². The standard InChI is InChI=1S/C27H32N2O6S/c1-17-9-11-19(12-10-17)36(32,33)29-16-15-26-20-8-6-7-18(2)22(20)28(3)23(26)27(24(30)34-4,25(31)35-5)14-13-21(26)29/h6-12,21,23H,13-16H2,1-5H3/t21-,23-,26-/m1/s1. The van der Waals surface area contributed by atoms with Crippen molar-refractivity contribution in [2.24, 2.45) is 5.41 Å². The van der Waals surface area contributed by atoms with Gasteiger partial charge in [-0.15, -0.1) is 0 Å². The van der Waals surface area contributed by atoms with Gasteiger partial charge in [-0.2, -0.15) is 4.31 Å². The van der Waals surface area contributed by atoms with Crippen LogP contribution in [-0.4, -0.2) is 64.6 Å². The van der Waals surface area contributed by atoms with E-state index < -0.39 is 44.9 Å². The Morgan fingerprint density at radius 2 is 1.61 bits per heavy atom. The Balaban J connectivity index is 1.74. The number of hydrogen-bond donors (Lipinski definition) is 0. The number of carbonyl (C=O) groups excluding carboxylic acids is 2. The molecule has 0 radical (unpaired) electrons. The quantitative estimate of drug-likeness (QED) is 0.459. The summed E-state index contributed by atoms with van der Waals surface area (Å²) in [6, 6.07) is 11.8. The highest BCUT2D eigenvalue weighted by molar-refractivity contribution is 7.89. The first kappa shape index (κ1) is 24.8. The number of anilines is 1. The first-order valence-electron chi connectivity index (χ1n) is 12.2. The van der Waals surface area contributed by atoms with E-state index in [0.29, 0.717) is 12.8 Å². The fourth-order valence-electron chi connectivity index (χ4n) is 7.31. The molecule has 8 nitrogen and oxygen atoms in total. The van der Waals surface area contributed by atoms with Gasteiger partial charge in [0.1, 0.15) is 0 Å². The third-order valence-electron chi connectivity index (χ3n) is 8.66. The van der Waals surface area contributed by atoms with Gasteiger partial charge in [-0.1, -0.05) is 35.9 Å². The van der Waals surface area contributed by atoms with Crippen molar-refractivity contribution in [3.63, 3.8) is 0 Å². The third kappa shape index (κ3) is 2.99. The minimum Gasteiger partial charge on any atom is -0.468 e. The van der Waals surface area contributed by atoms with E-state index in [0.717, 1.165) is 22.4 Å². The van der Waals surface area contributed by atoms with Crippen molar-refractivity contribution in [2.45, 2.75) is 55.5 Å². The van der Waals surface area contributed by atoms with Crippen molar-refractivity contribution in [2.75, 3.05) is 32.7 Å². The summed E-state index contributed by atoms with van der Waals surface area (Å²) in [7, 11) is 0.633. The highest BCUT2D eigenvalue weighted by Crippen LogP contribution is 2.64. The Labute approximate surface area is 212 Å².